The van der Waals surface area contributed by atoms with E-state index in [-0.39, 0.29) is 10.7 Å². The fraction of sp³-hybridized carbons (Fsp3) is 0.118. The lowest BCUT2D eigenvalue weighted by Gasteiger charge is -2.23. The fourth-order valence-corrected chi connectivity index (χ4v) is 3.71. The Morgan fingerprint density at radius 3 is 2.67 bits per heavy atom. The van der Waals surface area contributed by atoms with Gasteiger partial charge in [0.25, 0.3) is 5.91 Å². The van der Waals surface area contributed by atoms with E-state index in [4.69, 9.17) is 16.6 Å². The molecule has 0 bridgehead atoms. The van der Waals surface area contributed by atoms with Crippen molar-refractivity contribution in [2.45, 2.75) is 12.5 Å². The number of amides is 1. The van der Waals surface area contributed by atoms with Crippen LogP contribution in [0.2, 0.25) is 0 Å². The highest BCUT2D eigenvalue weighted by Gasteiger charge is 2.40. The number of carbonyl (C=O) groups excluding carboxylic acids is 1. The topological polar surface area (TPSA) is 70.8 Å². The number of thiocarbonyl (C=S) groups is 1. The number of thioether (sulfide) groups is 1. The Morgan fingerprint density at radius 2 is 2.04 bits per heavy atom. The standard InChI is InChI=1S/C17H13NO4S2/c19-15-14(10-12-7-4-8-22-12)24-17(23)18(15)13(16(20)21)9-11-5-2-1-3-6-11/h1-8,10,13H,9H2,(H,20,21)/t13-/m1/s1. The second kappa shape index (κ2) is 7.02. The Labute approximate surface area is 148 Å². The zero-order chi connectivity index (χ0) is 17.1. The highest BCUT2D eigenvalue weighted by Crippen LogP contribution is 2.34. The van der Waals surface area contributed by atoms with Crippen LogP contribution in [0.25, 0.3) is 6.08 Å². The molecule has 1 N–H and O–H groups in total. The quantitative estimate of drug-likeness (QED) is 0.653. The fourth-order valence-electron chi connectivity index (χ4n) is 2.38. The van der Waals surface area contributed by atoms with Gasteiger partial charge >= 0.3 is 5.97 Å². The van der Waals surface area contributed by atoms with Gasteiger partial charge in [-0.1, -0.05) is 54.3 Å². The van der Waals surface area contributed by atoms with Crippen molar-refractivity contribution in [3.05, 3.63) is 65.0 Å². The molecular weight excluding hydrogens is 346 g/mol. The summed E-state index contributed by atoms with van der Waals surface area (Å²) in [5.41, 5.74) is 0.828. The van der Waals surface area contributed by atoms with Crippen LogP contribution in [-0.2, 0) is 16.0 Å². The number of rotatable bonds is 5. The molecule has 7 heteroatoms. The van der Waals surface area contributed by atoms with E-state index >= 15 is 0 Å². The van der Waals surface area contributed by atoms with E-state index in [0.29, 0.717) is 10.7 Å². The Balaban J connectivity index is 1.87. The molecule has 122 valence electrons. The molecule has 0 radical (unpaired) electrons. The first-order chi connectivity index (χ1) is 11.6. The lowest BCUT2D eigenvalue weighted by atomic mass is 10.0. The van der Waals surface area contributed by atoms with Gasteiger partial charge in [0.15, 0.2) is 0 Å². The number of carboxylic acid groups (broad SMARTS) is 1. The number of furan rings is 1. The summed E-state index contributed by atoms with van der Waals surface area (Å²) in [6.45, 7) is 0. The summed E-state index contributed by atoms with van der Waals surface area (Å²) in [4.78, 5) is 25.9. The van der Waals surface area contributed by atoms with Crippen molar-refractivity contribution in [1.82, 2.24) is 4.90 Å². The van der Waals surface area contributed by atoms with Gasteiger partial charge in [-0.05, 0) is 17.7 Å². The molecule has 0 spiro atoms. The van der Waals surface area contributed by atoms with Crippen molar-refractivity contribution < 1.29 is 19.1 Å². The third kappa shape index (κ3) is 3.42. The zero-order valence-corrected chi connectivity index (χ0v) is 14.0. The highest BCUT2D eigenvalue weighted by molar-refractivity contribution is 8.26. The first-order valence-corrected chi connectivity index (χ1v) is 8.36. The molecule has 2 aromatic rings. The first-order valence-electron chi connectivity index (χ1n) is 7.13. The third-order valence-electron chi connectivity index (χ3n) is 3.51. The summed E-state index contributed by atoms with van der Waals surface area (Å²) in [6, 6.07) is 11.5. The average Bonchev–Trinajstić information content (AvgIpc) is 3.16. The molecule has 0 aliphatic carbocycles. The normalized spacial score (nSPS) is 17.5. The van der Waals surface area contributed by atoms with Gasteiger partial charge in [0.2, 0.25) is 0 Å². The number of carboxylic acids is 1. The molecule has 0 saturated carbocycles. The van der Waals surface area contributed by atoms with Crippen LogP contribution >= 0.6 is 24.0 Å². The van der Waals surface area contributed by atoms with Gasteiger partial charge in [0, 0.05) is 12.5 Å². The number of nitrogens with zero attached hydrogens (tertiary/aromatic N) is 1. The maximum atomic E-state index is 12.6. The van der Waals surface area contributed by atoms with E-state index in [0.717, 1.165) is 17.3 Å². The molecule has 1 saturated heterocycles. The Morgan fingerprint density at radius 1 is 1.29 bits per heavy atom. The van der Waals surface area contributed by atoms with E-state index in [2.05, 4.69) is 0 Å². The van der Waals surface area contributed by atoms with Gasteiger partial charge in [0.1, 0.15) is 16.1 Å². The van der Waals surface area contributed by atoms with Crippen LogP contribution in [0.3, 0.4) is 0 Å². The van der Waals surface area contributed by atoms with Gasteiger partial charge in [-0.3, -0.25) is 9.69 Å². The van der Waals surface area contributed by atoms with E-state index in [1.165, 1.54) is 11.2 Å². The number of aliphatic carboxylic acids is 1. The summed E-state index contributed by atoms with van der Waals surface area (Å²) in [5, 5.41) is 9.57. The van der Waals surface area contributed by atoms with Crippen molar-refractivity contribution in [3.8, 4) is 0 Å². The molecule has 1 amide bonds. The number of benzene rings is 1. The third-order valence-corrected chi connectivity index (χ3v) is 4.84. The molecule has 0 unspecified atom stereocenters. The number of carbonyl (C=O) groups is 2. The molecule has 1 aliphatic heterocycles. The number of hydrogen-bond acceptors (Lipinski definition) is 5. The Kier molecular flexibility index (Phi) is 4.82. The SMILES string of the molecule is O=C(O)[C@@H](Cc1ccccc1)N1C(=O)C(=Cc2ccco2)SC1=S. The van der Waals surface area contributed by atoms with E-state index in [1.54, 1.807) is 18.2 Å². The van der Waals surface area contributed by atoms with Gasteiger partial charge in [-0.2, -0.15) is 0 Å². The molecule has 1 aromatic carbocycles. The first kappa shape index (κ1) is 16.5. The minimum atomic E-state index is -1.09. The van der Waals surface area contributed by atoms with Crippen LogP contribution < -0.4 is 0 Å². The second-order valence-corrected chi connectivity index (χ2v) is 6.79. The molecular formula is C17H13NO4S2. The molecule has 1 aromatic heterocycles. The van der Waals surface area contributed by atoms with Crippen LogP contribution in [-0.4, -0.2) is 32.2 Å². The maximum Gasteiger partial charge on any atom is 0.327 e. The average molecular weight is 359 g/mol. The summed E-state index contributed by atoms with van der Waals surface area (Å²) in [5.74, 6) is -0.982. The Hall–Kier alpha value is -2.38. The maximum absolute atomic E-state index is 12.6. The molecule has 1 atom stereocenters. The van der Waals surface area contributed by atoms with Crippen molar-refractivity contribution in [1.29, 1.82) is 0 Å². The summed E-state index contributed by atoms with van der Waals surface area (Å²) in [6.07, 6.45) is 3.26. The molecule has 2 heterocycles. The smallest absolute Gasteiger partial charge is 0.327 e. The summed E-state index contributed by atoms with van der Waals surface area (Å²) >= 11 is 6.32. The molecule has 5 nitrogen and oxygen atoms in total. The predicted octanol–water partition coefficient (Wildman–Crippen LogP) is 3.18. The molecule has 1 aliphatic rings. The monoisotopic (exact) mass is 359 g/mol. The predicted molar refractivity (Wildman–Crippen MR) is 95.3 cm³/mol. The largest absolute Gasteiger partial charge is 0.480 e. The lowest BCUT2D eigenvalue weighted by molar-refractivity contribution is -0.145. The minimum absolute atomic E-state index is 0.191. The molecule has 24 heavy (non-hydrogen) atoms. The second-order valence-electron chi connectivity index (χ2n) is 5.11. The van der Waals surface area contributed by atoms with Gasteiger partial charge in [-0.25, -0.2) is 4.79 Å². The highest BCUT2D eigenvalue weighted by atomic mass is 32.2. The van der Waals surface area contributed by atoms with Gasteiger partial charge in [0.05, 0.1) is 11.2 Å². The van der Waals surface area contributed by atoms with Crippen molar-refractivity contribution in [3.63, 3.8) is 0 Å². The van der Waals surface area contributed by atoms with E-state index in [1.807, 2.05) is 30.3 Å². The van der Waals surface area contributed by atoms with Crippen LogP contribution in [0, 0.1) is 0 Å². The summed E-state index contributed by atoms with van der Waals surface area (Å²) in [7, 11) is 0. The van der Waals surface area contributed by atoms with Crippen LogP contribution in [0.15, 0.2) is 58.1 Å². The Bertz CT molecular complexity index is 799. The van der Waals surface area contributed by atoms with Crippen LogP contribution in [0.5, 0.6) is 0 Å². The van der Waals surface area contributed by atoms with Crippen molar-refractivity contribution >= 4 is 46.3 Å². The van der Waals surface area contributed by atoms with Crippen LogP contribution in [0.4, 0.5) is 0 Å². The number of hydrogen-bond donors (Lipinski definition) is 1. The van der Waals surface area contributed by atoms with Crippen molar-refractivity contribution in [2.24, 2.45) is 0 Å². The van der Waals surface area contributed by atoms with E-state index < -0.39 is 17.9 Å². The van der Waals surface area contributed by atoms with Crippen molar-refractivity contribution in [2.75, 3.05) is 0 Å². The summed E-state index contributed by atoms with van der Waals surface area (Å²) < 4.78 is 5.43. The van der Waals surface area contributed by atoms with Gasteiger partial charge in [-0.15, -0.1) is 0 Å². The molecule has 1 fully saturated rings. The van der Waals surface area contributed by atoms with Gasteiger partial charge < -0.3 is 9.52 Å². The van der Waals surface area contributed by atoms with Crippen LogP contribution in [0.1, 0.15) is 11.3 Å². The minimum Gasteiger partial charge on any atom is -0.480 e. The molecule has 3 rings (SSSR count). The zero-order valence-electron chi connectivity index (χ0n) is 12.4. The van der Waals surface area contributed by atoms with E-state index in [9.17, 15) is 14.7 Å². The lowest BCUT2D eigenvalue weighted by Crippen LogP contribution is -2.45.